The van der Waals surface area contributed by atoms with Gasteiger partial charge in [0.25, 0.3) is 0 Å². The summed E-state index contributed by atoms with van der Waals surface area (Å²) in [5, 5.41) is 3.78. The molecule has 1 N–H and O–H groups in total. The van der Waals surface area contributed by atoms with Crippen LogP contribution in [0.2, 0.25) is 0 Å². The average molecular weight is 314 g/mol. The number of likely N-dealkylation sites (tertiary alicyclic amines) is 1. The zero-order chi connectivity index (χ0) is 16.2. The molecule has 1 fully saturated rings. The number of imidazole rings is 1. The quantitative estimate of drug-likeness (QED) is 0.832. The first kappa shape index (κ1) is 16.5. The molecular weight excluding hydrogens is 284 g/mol. The predicted octanol–water partition coefficient (Wildman–Crippen LogP) is 2.83. The zero-order valence-electron chi connectivity index (χ0n) is 14.8. The first-order chi connectivity index (χ1) is 11.2. The van der Waals surface area contributed by atoms with E-state index in [9.17, 15) is 0 Å². The van der Waals surface area contributed by atoms with Crippen molar-refractivity contribution in [2.45, 2.75) is 39.2 Å². The van der Waals surface area contributed by atoms with E-state index in [4.69, 9.17) is 4.98 Å². The Labute approximate surface area is 139 Å². The molecule has 0 bridgehead atoms. The summed E-state index contributed by atoms with van der Waals surface area (Å²) >= 11 is 0. The summed E-state index contributed by atoms with van der Waals surface area (Å²) in [6, 6.07) is 9.07. The number of nitrogens with one attached hydrogen (secondary N) is 1. The molecule has 1 aromatic heterocycles. The number of benzene rings is 1. The van der Waals surface area contributed by atoms with Crippen molar-refractivity contribution in [3.05, 3.63) is 30.1 Å². The zero-order valence-corrected chi connectivity index (χ0v) is 14.8. The van der Waals surface area contributed by atoms with E-state index in [0.29, 0.717) is 6.04 Å². The highest BCUT2D eigenvalue weighted by Crippen LogP contribution is 2.17. The Kier molecular flexibility index (Phi) is 5.34. The van der Waals surface area contributed by atoms with Crippen LogP contribution in [0.1, 0.15) is 32.5 Å². The van der Waals surface area contributed by atoms with Crippen molar-refractivity contribution in [2.75, 3.05) is 26.2 Å². The van der Waals surface area contributed by atoms with E-state index in [0.717, 1.165) is 30.8 Å². The van der Waals surface area contributed by atoms with E-state index in [1.165, 1.54) is 37.4 Å². The van der Waals surface area contributed by atoms with Crippen LogP contribution in [0.4, 0.5) is 0 Å². The standard InChI is InChI=1S/C19H30N4/c1-4-23-13-11-16(15(2)14-23)20-12-7-10-19-21-17-8-5-6-9-18(17)22(19)3/h5-6,8-9,15-16,20H,4,7,10-14H2,1-3H3/t15-,16-/m1/s1. The van der Waals surface area contributed by atoms with E-state index in [-0.39, 0.29) is 0 Å². The molecule has 0 unspecified atom stereocenters. The minimum absolute atomic E-state index is 0.679. The molecule has 1 saturated heterocycles. The molecule has 23 heavy (non-hydrogen) atoms. The highest BCUT2D eigenvalue weighted by molar-refractivity contribution is 5.75. The van der Waals surface area contributed by atoms with Crippen LogP contribution >= 0.6 is 0 Å². The molecule has 0 saturated carbocycles. The van der Waals surface area contributed by atoms with E-state index >= 15 is 0 Å². The van der Waals surface area contributed by atoms with Crippen molar-refractivity contribution < 1.29 is 0 Å². The Bertz CT molecular complexity index is 633. The summed E-state index contributed by atoms with van der Waals surface area (Å²) in [7, 11) is 2.13. The molecule has 0 aliphatic carbocycles. The lowest BCUT2D eigenvalue weighted by Gasteiger charge is -2.36. The van der Waals surface area contributed by atoms with E-state index in [2.05, 4.69) is 59.9 Å². The second kappa shape index (κ2) is 7.45. The van der Waals surface area contributed by atoms with Gasteiger partial charge in [-0.2, -0.15) is 0 Å². The maximum Gasteiger partial charge on any atom is 0.109 e. The molecule has 4 heteroatoms. The third kappa shape index (κ3) is 3.75. The van der Waals surface area contributed by atoms with Gasteiger partial charge in [0.15, 0.2) is 0 Å². The largest absolute Gasteiger partial charge is 0.331 e. The third-order valence-corrected chi connectivity index (χ3v) is 5.30. The molecule has 2 atom stereocenters. The fourth-order valence-electron chi connectivity index (χ4n) is 3.78. The Balaban J connectivity index is 1.47. The second-order valence-electron chi connectivity index (χ2n) is 6.90. The van der Waals surface area contributed by atoms with E-state index in [1.54, 1.807) is 0 Å². The molecular formula is C19H30N4. The van der Waals surface area contributed by atoms with Gasteiger partial charge in [-0.15, -0.1) is 0 Å². The molecule has 0 radical (unpaired) electrons. The molecule has 0 amide bonds. The van der Waals surface area contributed by atoms with Gasteiger partial charge in [0.2, 0.25) is 0 Å². The number of rotatable bonds is 6. The van der Waals surface area contributed by atoms with Gasteiger partial charge in [-0.05, 0) is 50.5 Å². The van der Waals surface area contributed by atoms with E-state index < -0.39 is 0 Å². The molecule has 1 aliphatic heterocycles. The lowest BCUT2D eigenvalue weighted by molar-refractivity contribution is 0.153. The molecule has 2 aromatic rings. The van der Waals surface area contributed by atoms with Crippen LogP contribution < -0.4 is 5.32 Å². The van der Waals surface area contributed by atoms with Crippen LogP contribution in [0.25, 0.3) is 11.0 Å². The summed E-state index contributed by atoms with van der Waals surface area (Å²) in [4.78, 5) is 7.32. The molecule has 3 rings (SSSR count). The first-order valence-electron chi connectivity index (χ1n) is 9.05. The van der Waals surface area contributed by atoms with Gasteiger partial charge in [0.05, 0.1) is 11.0 Å². The molecule has 0 spiro atoms. The molecule has 1 aromatic carbocycles. The molecule has 1 aliphatic rings. The van der Waals surface area contributed by atoms with Crippen LogP contribution in [-0.4, -0.2) is 46.7 Å². The third-order valence-electron chi connectivity index (χ3n) is 5.30. The van der Waals surface area contributed by atoms with Gasteiger partial charge >= 0.3 is 0 Å². The van der Waals surface area contributed by atoms with Crippen LogP contribution in [-0.2, 0) is 13.5 Å². The summed E-state index contributed by atoms with van der Waals surface area (Å²) in [6.45, 7) is 9.39. The summed E-state index contributed by atoms with van der Waals surface area (Å²) in [6.07, 6.45) is 3.47. The van der Waals surface area contributed by atoms with Crippen LogP contribution in [0.3, 0.4) is 0 Å². The molecule has 126 valence electrons. The van der Waals surface area contributed by atoms with Crippen LogP contribution in [0, 0.1) is 5.92 Å². The summed E-state index contributed by atoms with van der Waals surface area (Å²) < 4.78 is 2.23. The summed E-state index contributed by atoms with van der Waals surface area (Å²) in [5.41, 5.74) is 2.34. The SMILES string of the molecule is CCN1CC[C@@H](NCCCc2nc3ccccc3n2C)[C@H](C)C1. The smallest absolute Gasteiger partial charge is 0.109 e. The number of fused-ring (bicyclic) bond motifs is 1. The predicted molar refractivity (Wildman–Crippen MR) is 96.7 cm³/mol. The number of aromatic nitrogens is 2. The number of para-hydroxylation sites is 2. The van der Waals surface area contributed by atoms with Gasteiger partial charge in [-0.1, -0.05) is 26.0 Å². The average Bonchev–Trinajstić information content (AvgIpc) is 2.89. The lowest BCUT2D eigenvalue weighted by atomic mass is 9.94. The lowest BCUT2D eigenvalue weighted by Crippen LogP contribution is -2.48. The Hall–Kier alpha value is -1.39. The van der Waals surface area contributed by atoms with Gasteiger partial charge in [0, 0.05) is 26.1 Å². The molecule has 2 heterocycles. The minimum Gasteiger partial charge on any atom is -0.331 e. The van der Waals surface area contributed by atoms with Crippen LogP contribution in [0.5, 0.6) is 0 Å². The van der Waals surface area contributed by atoms with Crippen LogP contribution in [0.15, 0.2) is 24.3 Å². The minimum atomic E-state index is 0.679. The number of nitrogens with zero attached hydrogens (tertiary/aromatic N) is 3. The van der Waals surface area contributed by atoms with Gasteiger partial charge in [-0.25, -0.2) is 4.98 Å². The maximum atomic E-state index is 4.76. The highest BCUT2D eigenvalue weighted by Gasteiger charge is 2.24. The van der Waals surface area contributed by atoms with Gasteiger partial charge < -0.3 is 14.8 Å². The van der Waals surface area contributed by atoms with Gasteiger partial charge in [0.1, 0.15) is 5.82 Å². The maximum absolute atomic E-state index is 4.76. The van der Waals surface area contributed by atoms with Crippen molar-refractivity contribution in [3.8, 4) is 0 Å². The number of hydrogen-bond acceptors (Lipinski definition) is 3. The number of aryl methyl sites for hydroxylation is 2. The normalized spacial score (nSPS) is 22.7. The van der Waals surface area contributed by atoms with Crippen molar-refractivity contribution in [1.82, 2.24) is 19.8 Å². The van der Waals surface area contributed by atoms with Crippen molar-refractivity contribution in [3.63, 3.8) is 0 Å². The first-order valence-corrected chi connectivity index (χ1v) is 9.05. The highest BCUT2D eigenvalue weighted by atomic mass is 15.1. The van der Waals surface area contributed by atoms with Gasteiger partial charge in [-0.3, -0.25) is 0 Å². The Morgan fingerprint density at radius 3 is 2.87 bits per heavy atom. The fourth-order valence-corrected chi connectivity index (χ4v) is 3.78. The summed E-state index contributed by atoms with van der Waals surface area (Å²) in [5.74, 6) is 1.95. The molecule has 4 nitrogen and oxygen atoms in total. The number of piperidine rings is 1. The monoisotopic (exact) mass is 314 g/mol. The Morgan fingerprint density at radius 1 is 1.30 bits per heavy atom. The van der Waals surface area contributed by atoms with Crippen molar-refractivity contribution in [1.29, 1.82) is 0 Å². The van der Waals surface area contributed by atoms with Crippen molar-refractivity contribution in [2.24, 2.45) is 13.0 Å². The fraction of sp³-hybridized carbons (Fsp3) is 0.632. The Morgan fingerprint density at radius 2 is 2.13 bits per heavy atom. The van der Waals surface area contributed by atoms with Crippen molar-refractivity contribution >= 4 is 11.0 Å². The second-order valence-corrected chi connectivity index (χ2v) is 6.90. The number of hydrogen-bond donors (Lipinski definition) is 1. The van der Waals surface area contributed by atoms with E-state index in [1.807, 2.05) is 0 Å². The topological polar surface area (TPSA) is 33.1 Å².